The number of rotatable bonds is 4. The van der Waals surface area contributed by atoms with Gasteiger partial charge in [0, 0.05) is 5.69 Å². The van der Waals surface area contributed by atoms with Gasteiger partial charge in [0.1, 0.15) is 10.5 Å². The van der Waals surface area contributed by atoms with Gasteiger partial charge in [-0.3, -0.25) is 5.32 Å². The van der Waals surface area contributed by atoms with Crippen LogP contribution in [-0.4, -0.2) is 26.4 Å². The predicted molar refractivity (Wildman–Crippen MR) is 99.8 cm³/mol. The number of sulfone groups is 1. The van der Waals surface area contributed by atoms with Crippen molar-refractivity contribution in [3.63, 3.8) is 0 Å². The number of thioether (sulfide) groups is 1. The van der Waals surface area contributed by atoms with Gasteiger partial charge in [0.05, 0.1) is 9.79 Å². The number of nitrogens with one attached hydrogen (secondary N) is 1. The Morgan fingerprint density at radius 1 is 0.966 bits per heavy atom. The molecule has 0 fully saturated rings. The summed E-state index contributed by atoms with van der Waals surface area (Å²) < 4.78 is 86.6. The number of hydrogen-bond acceptors (Lipinski definition) is 5. The summed E-state index contributed by atoms with van der Waals surface area (Å²) in [5, 5.41) is 2.35. The van der Waals surface area contributed by atoms with Gasteiger partial charge in [-0.25, -0.2) is 30.8 Å². The van der Waals surface area contributed by atoms with Crippen LogP contribution in [0.15, 0.2) is 39.0 Å². The molecule has 5 nitrogen and oxygen atoms in total. The van der Waals surface area contributed by atoms with E-state index in [1.54, 1.807) is 20.8 Å². The van der Waals surface area contributed by atoms with E-state index < -0.39 is 59.5 Å². The standard InChI is InChI=1S/C18H17F4NO4S2/c1-18(2,3)27-17(24)23-9-5-7-10(8-6-9)29(25,26)16-13(21)11(19)15(28-4)12(20)14(16)22/h5-8H,1-4H3,(H,23,24). The van der Waals surface area contributed by atoms with E-state index in [0.29, 0.717) is 11.8 Å². The molecule has 0 aliphatic heterocycles. The van der Waals surface area contributed by atoms with Crippen LogP contribution in [0.5, 0.6) is 0 Å². The minimum atomic E-state index is -4.93. The lowest BCUT2D eigenvalue weighted by Gasteiger charge is -2.19. The Morgan fingerprint density at radius 2 is 1.45 bits per heavy atom. The fraction of sp³-hybridized carbons (Fsp3) is 0.278. The highest BCUT2D eigenvalue weighted by Gasteiger charge is 2.34. The van der Waals surface area contributed by atoms with E-state index in [1.807, 2.05) is 0 Å². The molecular weight excluding hydrogens is 434 g/mol. The van der Waals surface area contributed by atoms with Gasteiger partial charge >= 0.3 is 6.09 Å². The van der Waals surface area contributed by atoms with Crippen LogP contribution in [0.3, 0.4) is 0 Å². The average Bonchev–Trinajstić information content (AvgIpc) is 2.59. The molecule has 0 aliphatic rings. The topological polar surface area (TPSA) is 72.5 Å². The highest BCUT2D eigenvalue weighted by atomic mass is 32.2. The van der Waals surface area contributed by atoms with Gasteiger partial charge in [-0.05, 0) is 51.3 Å². The van der Waals surface area contributed by atoms with E-state index in [9.17, 15) is 30.8 Å². The monoisotopic (exact) mass is 451 g/mol. The Bertz CT molecular complexity index is 1020. The maximum Gasteiger partial charge on any atom is 0.412 e. The first-order valence-electron chi connectivity index (χ1n) is 8.04. The number of hydrogen-bond donors (Lipinski definition) is 1. The molecule has 0 saturated heterocycles. The molecule has 0 aliphatic carbocycles. The van der Waals surface area contributed by atoms with Crippen molar-refractivity contribution in [2.45, 2.75) is 41.1 Å². The molecule has 11 heteroatoms. The molecule has 0 aromatic heterocycles. The first-order valence-corrected chi connectivity index (χ1v) is 10.8. The van der Waals surface area contributed by atoms with Gasteiger partial charge in [0.15, 0.2) is 23.3 Å². The van der Waals surface area contributed by atoms with E-state index in [0.717, 1.165) is 24.3 Å². The summed E-state index contributed by atoms with van der Waals surface area (Å²) in [5.74, 6) is -7.61. The first-order chi connectivity index (χ1) is 13.3. The van der Waals surface area contributed by atoms with E-state index in [1.165, 1.54) is 6.26 Å². The predicted octanol–water partition coefficient (Wildman–Crippen LogP) is 5.14. The number of ether oxygens (including phenoxy) is 1. The van der Waals surface area contributed by atoms with E-state index >= 15 is 0 Å². The number of halogens is 4. The maximum absolute atomic E-state index is 14.2. The molecule has 1 N–H and O–H groups in total. The second-order valence-electron chi connectivity index (χ2n) is 6.77. The van der Waals surface area contributed by atoms with Gasteiger partial charge in [-0.2, -0.15) is 0 Å². The van der Waals surface area contributed by atoms with E-state index in [-0.39, 0.29) is 5.69 Å². The summed E-state index contributed by atoms with van der Waals surface area (Å²) in [6.07, 6.45) is 0.382. The molecule has 29 heavy (non-hydrogen) atoms. The molecule has 0 heterocycles. The Kier molecular flexibility index (Phi) is 6.53. The van der Waals surface area contributed by atoms with Crippen LogP contribution in [0.2, 0.25) is 0 Å². The largest absolute Gasteiger partial charge is 0.444 e. The Morgan fingerprint density at radius 3 is 1.86 bits per heavy atom. The van der Waals surface area contributed by atoms with Crippen LogP contribution >= 0.6 is 11.8 Å². The molecule has 2 rings (SSSR count). The Balaban J connectivity index is 2.42. The van der Waals surface area contributed by atoms with Crippen LogP contribution < -0.4 is 5.32 Å². The van der Waals surface area contributed by atoms with Crippen molar-refractivity contribution in [2.24, 2.45) is 0 Å². The summed E-state index contributed by atoms with van der Waals surface area (Å²) in [5.41, 5.74) is -0.631. The van der Waals surface area contributed by atoms with Crippen molar-refractivity contribution in [3.8, 4) is 0 Å². The molecule has 0 saturated carbocycles. The normalized spacial score (nSPS) is 12.0. The molecule has 158 valence electrons. The van der Waals surface area contributed by atoms with Crippen LogP contribution in [-0.2, 0) is 14.6 Å². The van der Waals surface area contributed by atoms with Crippen molar-refractivity contribution in [2.75, 3.05) is 11.6 Å². The van der Waals surface area contributed by atoms with Gasteiger partial charge in [-0.1, -0.05) is 0 Å². The molecule has 0 bridgehead atoms. The number of benzene rings is 2. The number of carbonyl (C=O) groups is 1. The highest BCUT2D eigenvalue weighted by molar-refractivity contribution is 7.98. The third-order valence-corrected chi connectivity index (χ3v) is 6.02. The third-order valence-electron chi connectivity index (χ3n) is 3.47. The summed E-state index contributed by atoms with van der Waals surface area (Å²) >= 11 is 0.400. The summed E-state index contributed by atoms with van der Waals surface area (Å²) in [6.45, 7) is 4.93. The first kappa shape index (κ1) is 23.0. The average molecular weight is 451 g/mol. The van der Waals surface area contributed by atoms with Crippen molar-refractivity contribution in [1.82, 2.24) is 0 Å². The second kappa shape index (κ2) is 8.23. The molecule has 0 atom stereocenters. The Labute approximate surface area is 169 Å². The van der Waals surface area contributed by atoms with Gasteiger partial charge < -0.3 is 4.74 Å². The van der Waals surface area contributed by atoms with Crippen molar-refractivity contribution < 1.29 is 35.5 Å². The molecular formula is C18H17F4NO4S2. The maximum atomic E-state index is 14.2. The van der Waals surface area contributed by atoms with Crippen LogP contribution in [0.1, 0.15) is 20.8 Å². The smallest absolute Gasteiger partial charge is 0.412 e. The highest BCUT2D eigenvalue weighted by Crippen LogP contribution is 2.35. The molecule has 2 aromatic carbocycles. The van der Waals surface area contributed by atoms with Gasteiger partial charge in [0.2, 0.25) is 9.84 Å². The SMILES string of the molecule is CSc1c(F)c(F)c(S(=O)(=O)c2ccc(NC(=O)OC(C)(C)C)cc2)c(F)c1F. The molecule has 1 amide bonds. The second-order valence-corrected chi connectivity index (χ2v) is 9.48. The zero-order chi connectivity index (χ0) is 22.1. The van der Waals surface area contributed by atoms with Crippen molar-refractivity contribution in [1.29, 1.82) is 0 Å². The zero-order valence-corrected chi connectivity index (χ0v) is 17.4. The lowest BCUT2D eigenvalue weighted by molar-refractivity contribution is 0.0636. The van der Waals surface area contributed by atoms with E-state index in [2.05, 4.69) is 5.32 Å². The minimum absolute atomic E-state index is 0.134. The molecule has 0 spiro atoms. The summed E-state index contributed by atoms with van der Waals surface area (Å²) in [6, 6.07) is 4.13. The Hall–Kier alpha value is -2.27. The third kappa shape index (κ3) is 4.84. The number of carbonyl (C=O) groups excluding carboxylic acids is 1. The minimum Gasteiger partial charge on any atom is -0.444 e. The zero-order valence-electron chi connectivity index (χ0n) is 15.8. The molecule has 2 aromatic rings. The van der Waals surface area contributed by atoms with Crippen LogP contribution in [0.25, 0.3) is 0 Å². The van der Waals surface area contributed by atoms with Gasteiger partial charge in [0.25, 0.3) is 0 Å². The van der Waals surface area contributed by atoms with Crippen LogP contribution in [0, 0.1) is 23.3 Å². The van der Waals surface area contributed by atoms with E-state index in [4.69, 9.17) is 4.74 Å². The number of anilines is 1. The summed E-state index contributed by atoms with van der Waals surface area (Å²) in [7, 11) is -4.93. The van der Waals surface area contributed by atoms with Crippen molar-refractivity contribution >= 4 is 33.4 Å². The summed E-state index contributed by atoms with van der Waals surface area (Å²) in [4.78, 5) is 8.41. The number of amides is 1. The van der Waals surface area contributed by atoms with Crippen LogP contribution in [0.4, 0.5) is 28.0 Å². The van der Waals surface area contributed by atoms with Gasteiger partial charge in [-0.15, -0.1) is 11.8 Å². The fourth-order valence-corrected chi connectivity index (χ4v) is 4.18. The van der Waals surface area contributed by atoms with Crippen molar-refractivity contribution in [3.05, 3.63) is 47.5 Å². The molecule has 0 radical (unpaired) electrons. The molecule has 0 unspecified atom stereocenters. The quantitative estimate of drug-likeness (QED) is 0.396. The lowest BCUT2D eigenvalue weighted by Crippen LogP contribution is -2.27. The lowest BCUT2D eigenvalue weighted by atomic mass is 10.2. The fourth-order valence-electron chi connectivity index (χ4n) is 2.26.